The highest BCUT2D eigenvalue weighted by Gasteiger charge is 2.24. The molecular formula is C25H21ClN2O4. The van der Waals surface area contributed by atoms with E-state index in [4.69, 9.17) is 21.1 Å². The fourth-order valence-corrected chi connectivity index (χ4v) is 3.79. The quantitative estimate of drug-likeness (QED) is 0.427. The summed E-state index contributed by atoms with van der Waals surface area (Å²) >= 11 is 6.50. The molecule has 0 radical (unpaired) electrons. The van der Waals surface area contributed by atoms with Gasteiger partial charge >= 0.3 is 0 Å². The Morgan fingerprint density at radius 2 is 1.62 bits per heavy atom. The molecule has 1 atom stereocenters. The average Bonchev–Trinajstić information content (AvgIpc) is 2.85. The molecular weight excluding hydrogens is 428 g/mol. The number of phenols is 1. The fourth-order valence-electron chi connectivity index (χ4n) is 3.52. The number of pyridine rings is 1. The van der Waals surface area contributed by atoms with Crippen molar-refractivity contribution in [2.75, 3.05) is 14.2 Å². The van der Waals surface area contributed by atoms with Gasteiger partial charge in [0.05, 0.1) is 25.3 Å². The van der Waals surface area contributed by atoms with Gasteiger partial charge in [-0.05, 0) is 60.2 Å². The molecule has 6 nitrogen and oxygen atoms in total. The lowest BCUT2D eigenvalue weighted by Gasteiger charge is -2.22. The summed E-state index contributed by atoms with van der Waals surface area (Å²) in [5.41, 5.74) is 2.00. The Morgan fingerprint density at radius 3 is 2.25 bits per heavy atom. The van der Waals surface area contributed by atoms with Crippen molar-refractivity contribution in [1.82, 2.24) is 10.3 Å². The number of phenolic OH excluding ortho intramolecular Hbond substituents is 1. The molecule has 0 saturated heterocycles. The van der Waals surface area contributed by atoms with Crippen molar-refractivity contribution < 1.29 is 19.4 Å². The zero-order valence-electron chi connectivity index (χ0n) is 17.5. The minimum Gasteiger partial charge on any atom is -0.505 e. The smallest absolute Gasteiger partial charge is 0.252 e. The van der Waals surface area contributed by atoms with Crippen LogP contribution in [-0.4, -0.2) is 30.2 Å². The van der Waals surface area contributed by atoms with E-state index in [9.17, 15) is 9.90 Å². The zero-order valence-corrected chi connectivity index (χ0v) is 18.3. The van der Waals surface area contributed by atoms with E-state index < -0.39 is 6.04 Å². The maximum absolute atomic E-state index is 13.1. The van der Waals surface area contributed by atoms with Crippen LogP contribution in [0.1, 0.15) is 27.5 Å². The number of amides is 1. The Labute approximate surface area is 190 Å². The van der Waals surface area contributed by atoms with Crippen molar-refractivity contribution in [2.24, 2.45) is 0 Å². The van der Waals surface area contributed by atoms with E-state index in [0.717, 1.165) is 5.56 Å². The maximum atomic E-state index is 13.1. The number of nitrogens with zero attached hydrogens (tertiary/aromatic N) is 1. The molecule has 0 spiro atoms. The molecule has 1 aromatic heterocycles. The highest BCUT2D eigenvalue weighted by molar-refractivity contribution is 6.35. The lowest BCUT2D eigenvalue weighted by molar-refractivity contribution is 0.0942. The summed E-state index contributed by atoms with van der Waals surface area (Å²) in [5.74, 6) is 0.973. The second kappa shape index (κ2) is 9.16. The average molecular weight is 449 g/mol. The van der Waals surface area contributed by atoms with Crippen molar-refractivity contribution in [3.63, 3.8) is 0 Å². The van der Waals surface area contributed by atoms with E-state index in [1.165, 1.54) is 0 Å². The van der Waals surface area contributed by atoms with Gasteiger partial charge in [0.15, 0.2) is 0 Å². The van der Waals surface area contributed by atoms with Gasteiger partial charge in [-0.25, -0.2) is 0 Å². The number of hydrogen-bond donors (Lipinski definition) is 2. The molecule has 0 aliphatic rings. The Kier molecular flexibility index (Phi) is 6.14. The van der Waals surface area contributed by atoms with Crippen LogP contribution in [0.3, 0.4) is 0 Å². The number of aromatic nitrogens is 1. The molecule has 7 heteroatoms. The summed E-state index contributed by atoms with van der Waals surface area (Å²) < 4.78 is 10.4. The van der Waals surface area contributed by atoms with Gasteiger partial charge < -0.3 is 19.9 Å². The van der Waals surface area contributed by atoms with E-state index in [2.05, 4.69) is 10.3 Å². The first kappa shape index (κ1) is 21.5. The summed E-state index contributed by atoms with van der Waals surface area (Å²) in [5, 5.41) is 15.1. The summed E-state index contributed by atoms with van der Waals surface area (Å²) in [7, 11) is 3.15. The van der Waals surface area contributed by atoms with E-state index in [1.54, 1.807) is 75.0 Å². The number of carbonyl (C=O) groups is 1. The Bertz CT molecular complexity index is 1260. The van der Waals surface area contributed by atoms with Gasteiger partial charge in [-0.2, -0.15) is 0 Å². The number of aromatic hydroxyl groups is 1. The number of fused-ring (bicyclic) bond motifs is 1. The van der Waals surface area contributed by atoms with E-state index in [0.29, 0.717) is 38.6 Å². The minimum absolute atomic E-state index is 0.0409. The third-order valence-electron chi connectivity index (χ3n) is 5.23. The number of rotatable bonds is 6. The highest BCUT2D eigenvalue weighted by Crippen LogP contribution is 2.38. The molecule has 2 N–H and O–H groups in total. The molecule has 0 aliphatic heterocycles. The van der Waals surface area contributed by atoms with Crippen molar-refractivity contribution in [2.45, 2.75) is 6.04 Å². The number of methoxy groups -OCH3 is 2. The Morgan fingerprint density at radius 1 is 1.00 bits per heavy atom. The predicted octanol–water partition coefficient (Wildman–Crippen LogP) is 5.13. The Balaban J connectivity index is 1.79. The van der Waals surface area contributed by atoms with Crippen LogP contribution < -0.4 is 14.8 Å². The molecule has 32 heavy (non-hydrogen) atoms. The standard InChI is InChI=1S/C25H21ClN2O4/c1-31-17-9-5-15(6-10-17)22(28-25(30)16-7-11-18(32-2)12-8-16)20-14-21(26)19-4-3-13-27-23(19)24(20)29/h3-14,22,29H,1-2H3,(H,28,30)/t22-/m1/s1. The van der Waals surface area contributed by atoms with Gasteiger partial charge in [-0.1, -0.05) is 23.7 Å². The minimum atomic E-state index is -0.681. The summed E-state index contributed by atoms with van der Waals surface area (Å²) in [6.45, 7) is 0. The maximum Gasteiger partial charge on any atom is 0.252 e. The number of ether oxygens (including phenoxy) is 2. The molecule has 0 bridgehead atoms. The fraction of sp³-hybridized carbons (Fsp3) is 0.120. The molecule has 4 aromatic rings. The van der Waals surface area contributed by atoms with Gasteiger partial charge in [0.1, 0.15) is 22.8 Å². The number of nitrogens with one attached hydrogen (secondary N) is 1. The van der Waals surface area contributed by atoms with E-state index in [-0.39, 0.29) is 11.7 Å². The van der Waals surface area contributed by atoms with Crippen LogP contribution in [0.4, 0.5) is 0 Å². The van der Waals surface area contributed by atoms with E-state index in [1.807, 2.05) is 12.1 Å². The van der Waals surface area contributed by atoms with Crippen molar-refractivity contribution in [3.8, 4) is 17.2 Å². The van der Waals surface area contributed by atoms with Crippen LogP contribution in [0, 0.1) is 0 Å². The largest absolute Gasteiger partial charge is 0.505 e. The lowest BCUT2D eigenvalue weighted by atomic mass is 9.95. The second-order valence-electron chi connectivity index (χ2n) is 7.10. The SMILES string of the molecule is COc1ccc(C(=O)N[C@H](c2ccc(OC)cc2)c2cc(Cl)c3cccnc3c2O)cc1. The zero-order chi connectivity index (χ0) is 22.7. The molecule has 4 rings (SSSR count). The molecule has 0 aliphatic carbocycles. The van der Waals surface area contributed by atoms with Crippen molar-refractivity contribution in [1.29, 1.82) is 0 Å². The molecule has 1 heterocycles. The number of halogens is 1. The van der Waals surface area contributed by atoms with Gasteiger partial charge in [0.2, 0.25) is 0 Å². The summed E-state index contributed by atoms with van der Waals surface area (Å²) in [4.78, 5) is 17.4. The van der Waals surface area contributed by atoms with Crippen LogP contribution in [0.2, 0.25) is 5.02 Å². The third-order valence-corrected chi connectivity index (χ3v) is 5.55. The lowest BCUT2D eigenvalue weighted by Crippen LogP contribution is -2.29. The molecule has 0 saturated carbocycles. The molecule has 3 aromatic carbocycles. The van der Waals surface area contributed by atoms with Gasteiger partial charge in [-0.15, -0.1) is 0 Å². The van der Waals surface area contributed by atoms with Gasteiger partial charge in [0, 0.05) is 22.7 Å². The number of hydrogen-bond acceptors (Lipinski definition) is 5. The van der Waals surface area contributed by atoms with Crippen LogP contribution in [0.25, 0.3) is 10.9 Å². The first-order valence-electron chi connectivity index (χ1n) is 9.86. The van der Waals surface area contributed by atoms with Crippen molar-refractivity contribution >= 4 is 28.4 Å². The molecule has 0 unspecified atom stereocenters. The van der Waals surface area contributed by atoms with Crippen molar-refractivity contribution in [3.05, 3.63) is 94.6 Å². The molecule has 162 valence electrons. The normalized spacial score (nSPS) is 11.7. The topological polar surface area (TPSA) is 80.7 Å². The van der Waals surface area contributed by atoms with Crippen LogP contribution in [0.15, 0.2) is 72.9 Å². The number of carbonyl (C=O) groups excluding carboxylic acids is 1. The van der Waals surface area contributed by atoms with E-state index >= 15 is 0 Å². The number of benzene rings is 3. The summed E-state index contributed by atoms with van der Waals surface area (Å²) in [6, 6.07) is 18.5. The van der Waals surface area contributed by atoms with Crippen LogP contribution >= 0.6 is 11.6 Å². The first-order chi connectivity index (χ1) is 15.5. The molecule has 1 amide bonds. The van der Waals surface area contributed by atoms with Gasteiger partial charge in [0.25, 0.3) is 5.91 Å². The first-order valence-corrected chi connectivity index (χ1v) is 10.2. The van der Waals surface area contributed by atoms with Gasteiger partial charge in [-0.3, -0.25) is 9.78 Å². The Hall–Kier alpha value is -3.77. The highest BCUT2D eigenvalue weighted by atomic mass is 35.5. The predicted molar refractivity (Wildman–Crippen MR) is 124 cm³/mol. The monoisotopic (exact) mass is 448 g/mol. The summed E-state index contributed by atoms with van der Waals surface area (Å²) in [6.07, 6.45) is 1.58. The second-order valence-corrected chi connectivity index (χ2v) is 7.51. The molecule has 0 fully saturated rings. The van der Waals surface area contributed by atoms with Crippen LogP contribution in [-0.2, 0) is 0 Å². The van der Waals surface area contributed by atoms with Crippen LogP contribution in [0.5, 0.6) is 17.2 Å². The third kappa shape index (κ3) is 4.18.